The summed E-state index contributed by atoms with van der Waals surface area (Å²) in [7, 11) is 0. The van der Waals surface area contributed by atoms with Crippen molar-refractivity contribution in [1.82, 2.24) is 0 Å². The van der Waals surface area contributed by atoms with E-state index in [0.717, 1.165) is 5.56 Å². The van der Waals surface area contributed by atoms with Crippen molar-refractivity contribution in [3.05, 3.63) is 65.2 Å². The van der Waals surface area contributed by atoms with Crippen LogP contribution in [0.3, 0.4) is 0 Å². The zero-order chi connectivity index (χ0) is 17.6. The molecule has 0 bridgehead atoms. The Morgan fingerprint density at radius 3 is 2.48 bits per heavy atom. The smallest absolute Gasteiger partial charge is 0.303 e. The molecule has 25 heavy (non-hydrogen) atoms. The molecule has 0 atom stereocenters. The molecule has 0 unspecified atom stereocenters. The van der Waals surface area contributed by atoms with Crippen molar-refractivity contribution in [1.29, 1.82) is 0 Å². The summed E-state index contributed by atoms with van der Waals surface area (Å²) in [5.74, 6) is 1.37. The molecule has 0 aliphatic carbocycles. The molecule has 2 aromatic rings. The van der Waals surface area contributed by atoms with Crippen LogP contribution in [-0.4, -0.2) is 28.5 Å². The lowest BCUT2D eigenvalue weighted by Crippen LogP contribution is -2.12. The summed E-state index contributed by atoms with van der Waals surface area (Å²) in [5, 5.41) is 11.6. The maximum absolute atomic E-state index is 12.4. The van der Waals surface area contributed by atoms with Crippen LogP contribution in [0.25, 0.3) is 0 Å². The Balaban J connectivity index is 1.63. The SMILES string of the molecule is O=C(O)CCc1cccc(NC(=O)c2ccc(C3SCCS3)cc2)c1. The minimum absolute atomic E-state index is 0.0794. The van der Waals surface area contributed by atoms with E-state index in [1.54, 1.807) is 0 Å². The maximum Gasteiger partial charge on any atom is 0.303 e. The van der Waals surface area contributed by atoms with Gasteiger partial charge in [0.15, 0.2) is 0 Å². The third kappa shape index (κ3) is 5.03. The molecule has 1 fully saturated rings. The highest BCUT2D eigenvalue weighted by molar-refractivity contribution is 8.19. The van der Waals surface area contributed by atoms with Crippen molar-refractivity contribution >= 4 is 41.1 Å². The molecule has 6 heteroatoms. The summed E-state index contributed by atoms with van der Waals surface area (Å²) in [4.78, 5) is 23.1. The molecule has 130 valence electrons. The highest BCUT2D eigenvalue weighted by Gasteiger charge is 2.18. The molecule has 0 spiro atoms. The third-order valence-electron chi connectivity index (χ3n) is 3.88. The monoisotopic (exact) mass is 373 g/mol. The van der Waals surface area contributed by atoms with Crippen LogP contribution < -0.4 is 5.32 Å². The zero-order valence-electron chi connectivity index (χ0n) is 13.6. The van der Waals surface area contributed by atoms with E-state index in [4.69, 9.17) is 5.11 Å². The molecule has 2 aromatic carbocycles. The lowest BCUT2D eigenvalue weighted by atomic mass is 10.1. The van der Waals surface area contributed by atoms with E-state index in [1.807, 2.05) is 72.1 Å². The Kier molecular flexibility index (Phi) is 6.04. The Hall–Kier alpha value is -1.92. The van der Waals surface area contributed by atoms with E-state index in [-0.39, 0.29) is 12.3 Å². The molecular weight excluding hydrogens is 354 g/mol. The van der Waals surface area contributed by atoms with Gasteiger partial charge in [0.25, 0.3) is 5.91 Å². The minimum atomic E-state index is -0.826. The van der Waals surface area contributed by atoms with Crippen LogP contribution in [0.5, 0.6) is 0 Å². The second-order valence-corrected chi connectivity index (χ2v) is 8.47. The molecule has 4 nitrogen and oxygen atoms in total. The molecule has 0 radical (unpaired) electrons. The van der Waals surface area contributed by atoms with Crippen molar-refractivity contribution < 1.29 is 14.7 Å². The molecule has 0 aromatic heterocycles. The highest BCUT2D eigenvalue weighted by Crippen LogP contribution is 2.45. The number of amides is 1. The van der Waals surface area contributed by atoms with Gasteiger partial charge in [0.05, 0.1) is 4.58 Å². The van der Waals surface area contributed by atoms with Gasteiger partial charge in [-0.05, 0) is 41.8 Å². The van der Waals surface area contributed by atoms with E-state index in [0.29, 0.717) is 22.3 Å². The van der Waals surface area contributed by atoms with Gasteiger partial charge < -0.3 is 10.4 Å². The van der Waals surface area contributed by atoms with Crippen LogP contribution in [0.2, 0.25) is 0 Å². The number of carboxylic acid groups (broad SMARTS) is 1. The number of hydrogen-bond acceptors (Lipinski definition) is 4. The number of hydrogen-bond donors (Lipinski definition) is 2. The number of aliphatic carboxylic acids is 1. The summed E-state index contributed by atoms with van der Waals surface area (Å²) in [6.45, 7) is 0. The summed E-state index contributed by atoms with van der Waals surface area (Å²) < 4.78 is 0.475. The number of thioether (sulfide) groups is 2. The molecule has 1 aliphatic rings. The fourth-order valence-electron chi connectivity index (χ4n) is 2.60. The lowest BCUT2D eigenvalue weighted by molar-refractivity contribution is -0.136. The number of carboxylic acids is 1. The normalized spacial score (nSPS) is 14.4. The van der Waals surface area contributed by atoms with Gasteiger partial charge in [-0.3, -0.25) is 9.59 Å². The van der Waals surface area contributed by atoms with Gasteiger partial charge >= 0.3 is 5.97 Å². The molecular formula is C19H19NO3S2. The summed E-state index contributed by atoms with van der Waals surface area (Å²) >= 11 is 3.88. The van der Waals surface area contributed by atoms with Crippen LogP contribution in [0, 0.1) is 0 Å². The van der Waals surface area contributed by atoms with E-state index in [1.165, 1.54) is 17.1 Å². The predicted octanol–water partition coefficient (Wildman–Crippen LogP) is 4.43. The highest BCUT2D eigenvalue weighted by atomic mass is 32.2. The van der Waals surface area contributed by atoms with Gasteiger partial charge in [-0.2, -0.15) is 0 Å². The quantitative estimate of drug-likeness (QED) is 0.784. The number of carbonyl (C=O) groups is 2. The predicted molar refractivity (Wildman–Crippen MR) is 104 cm³/mol. The number of rotatable bonds is 6. The van der Waals surface area contributed by atoms with E-state index < -0.39 is 5.97 Å². The van der Waals surface area contributed by atoms with Crippen LogP contribution in [0.15, 0.2) is 48.5 Å². The summed E-state index contributed by atoms with van der Waals surface area (Å²) in [5.41, 5.74) is 3.44. The summed E-state index contributed by atoms with van der Waals surface area (Å²) in [6, 6.07) is 15.1. The van der Waals surface area contributed by atoms with E-state index in [9.17, 15) is 9.59 Å². The lowest BCUT2D eigenvalue weighted by Gasteiger charge is -2.10. The first kappa shape index (κ1) is 17.9. The molecule has 2 N–H and O–H groups in total. The Bertz CT molecular complexity index is 756. The van der Waals surface area contributed by atoms with Gasteiger partial charge in [0, 0.05) is 29.2 Å². The second kappa shape index (κ2) is 8.45. The standard InChI is InChI=1S/C19H19NO3S2/c21-17(22)9-4-13-2-1-3-16(12-13)20-18(23)14-5-7-15(8-6-14)19-24-10-11-25-19/h1-3,5-8,12,19H,4,9-11H2,(H,20,23)(H,21,22). The van der Waals surface area contributed by atoms with Crippen molar-refractivity contribution in [2.45, 2.75) is 17.4 Å². The molecule has 1 aliphatic heterocycles. The minimum Gasteiger partial charge on any atom is -0.481 e. The Morgan fingerprint density at radius 2 is 1.80 bits per heavy atom. The van der Waals surface area contributed by atoms with Crippen LogP contribution in [0.1, 0.15) is 32.5 Å². The number of benzene rings is 2. The number of carbonyl (C=O) groups excluding carboxylic acids is 1. The Labute approximate surface area is 155 Å². The Morgan fingerprint density at radius 1 is 1.08 bits per heavy atom. The molecule has 0 saturated carbocycles. The molecule has 1 saturated heterocycles. The van der Waals surface area contributed by atoms with Crippen molar-refractivity contribution in [2.24, 2.45) is 0 Å². The van der Waals surface area contributed by atoms with E-state index in [2.05, 4.69) is 5.32 Å². The topological polar surface area (TPSA) is 66.4 Å². The van der Waals surface area contributed by atoms with Crippen LogP contribution >= 0.6 is 23.5 Å². The average Bonchev–Trinajstić information content (AvgIpc) is 3.15. The van der Waals surface area contributed by atoms with Gasteiger partial charge in [-0.15, -0.1) is 23.5 Å². The fourth-order valence-corrected chi connectivity index (χ4v) is 5.46. The average molecular weight is 373 g/mol. The maximum atomic E-state index is 12.4. The number of aryl methyl sites for hydroxylation is 1. The van der Waals surface area contributed by atoms with Crippen molar-refractivity contribution in [2.75, 3.05) is 16.8 Å². The third-order valence-corrected chi connectivity index (χ3v) is 6.98. The first-order chi connectivity index (χ1) is 12.1. The zero-order valence-corrected chi connectivity index (χ0v) is 15.2. The van der Waals surface area contributed by atoms with Crippen LogP contribution in [-0.2, 0) is 11.2 Å². The molecule has 1 amide bonds. The van der Waals surface area contributed by atoms with Gasteiger partial charge in [-0.1, -0.05) is 24.3 Å². The number of nitrogens with one attached hydrogen (secondary N) is 1. The van der Waals surface area contributed by atoms with Gasteiger partial charge in [-0.25, -0.2) is 0 Å². The van der Waals surface area contributed by atoms with Crippen molar-refractivity contribution in [3.8, 4) is 0 Å². The number of anilines is 1. The molecule has 3 rings (SSSR count). The molecule has 1 heterocycles. The summed E-state index contributed by atoms with van der Waals surface area (Å²) in [6.07, 6.45) is 0.528. The van der Waals surface area contributed by atoms with Crippen LogP contribution in [0.4, 0.5) is 5.69 Å². The first-order valence-electron chi connectivity index (χ1n) is 8.07. The van der Waals surface area contributed by atoms with Gasteiger partial charge in [0.2, 0.25) is 0 Å². The van der Waals surface area contributed by atoms with Crippen molar-refractivity contribution in [3.63, 3.8) is 0 Å². The van der Waals surface area contributed by atoms with E-state index >= 15 is 0 Å². The van der Waals surface area contributed by atoms with Gasteiger partial charge in [0.1, 0.15) is 0 Å². The second-order valence-electron chi connectivity index (χ2n) is 5.74. The first-order valence-corrected chi connectivity index (χ1v) is 10.2. The fraction of sp³-hybridized carbons (Fsp3) is 0.263. The largest absolute Gasteiger partial charge is 0.481 e.